The van der Waals surface area contributed by atoms with Gasteiger partial charge in [0.1, 0.15) is 0 Å². The van der Waals surface area contributed by atoms with Crippen molar-refractivity contribution in [3.63, 3.8) is 0 Å². The molecule has 1 saturated heterocycles. The highest BCUT2D eigenvalue weighted by Crippen LogP contribution is 2.08. The van der Waals surface area contributed by atoms with Gasteiger partial charge in [-0.1, -0.05) is 6.92 Å². The molecule has 0 amide bonds. The van der Waals surface area contributed by atoms with Crippen LogP contribution in [0.3, 0.4) is 0 Å². The van der Waals surface area contributed by atoms with Crippen LogP contribution in [-0.2, 0) is 10.0 Å². The molecule has 6 heteroatoms. The van der Waals surface area contributed by atoms with Crippen LogP contribution in [0.4, 0.5) is 0 Å². The zero-order valence-electron chi connectivity index (χ0n) is 10.3. The molecule has 96 valence electrons. The first kappa shape index (κ1) is 13.9. The van der Waals surface area contributed by atoms with Gasteiger partial charge in [-0.2, -0.15) is 4.31 Å². The minimum absolute atomic E-state index is 0.264. The van der Waals surface area contributed by atoms with E-state index in [4.69, 9.17) is 0 Å². The molecule has 0 radical (unpaired) electrons. The van der Waals surface area contributed by atoms with Gasteiger partial charge in [-0.05, 0) is 26.6 Å². The van der Waals surface area contributed by atoms with Gasteiger partial charge in [0.15, 0.2) is 0 Å². The molecule has 0 aromatic rings. The molecule has 1 aliphatic heterocycles. The van der Waals surface area contributed by atoms with Crippen molar-refractivity contribution in [3.05, 3.63) is 0 Å². The summed E-state index contributed by atoms with van der Waals surface area (Å²) in [5.74, 6) is 0.264. The Morgan fingerprint density at radius 2 is 1.81 bits per heavy atom. The lowest BCUT2D eigenvalue weighted by Gasteiger charge is -2.33. The second-order valence-electron chi connectivity index (χ2n) is 4.11. The summed E-state index contributed by atoms with van der Waals surface area (Å²) in [5.41, 5.74) is 0. The number of likely N-dealkylation sites (N-methyl/N-ethyl adjacent to an activating group) is 1. The van der Waals surface area contributed by atoms with Gasteiger partial charge in [0, 0.05) is 26.2 Å². The van der Waals surface area contributed by atoms with Gasteiger partial charge in [-0.3, -0.25) is 0 Å². The fraction of sp³-hybridized carbons (Fsp3) is 1.00. The third kappa shape index (κ3) is 4.01. The Kier molecular flexibility index (Phi) is 5.68. The number of nitrogens with one attached hydrogen (secondary N) is 1. The molecule has 16 heavy (non-hydrogen) atoms. The average Bonchev–Trinajstić information content (AvgIpc) is 2.29. The number of piperazine rings is 1. The molecule has 0 atom stereocenters. The predicted molar refractivity (Wildman–Crippen MR) is 66.0 cm³/mol. The van der Waals surface area contributed by atoms with Crippen molar-refractivity contribution in [1.29, 1.82) is 0 Å². The first-order chi connectivity index (χ1) is 7.60. The van der Waals surface area contributed by atoms with Gasteiger partial charge in [0.05, 0.1) is 5.75 Å². The highest BCUT2D eigenvalue weighted by atomic mass is 32.2. The fourth-order valence-electron chi connectivity index (χ4n) is 1.88. The number of rotatable bonds is 6. The summed E-state index contributed by atoms with van der Waals surface area (Å²) in [5, 5.41) is 2.97. The summed E-state index contributed by atoms with van der Waals surface area (Å²) in [6.45, 7) is 6.90. The van der Waals surface area contributed by atoms with Gasteiger partial charge in [0.25, 0.3) is 0 Å². The van der Waals surface area contributed by atoms with Crippen LogP contribution in [0.5, 0.6) is 0 Å². The van der Waals surface area contributed by atoms with Crippen LogP contribution in [0.15, 0.2) is 0 Å². The van der Waals surface area contributed by atoms with Crippen molar-refractivity contribution in [3.8, 4) is 0 Å². The summed E-state index contributed by atoms with van der Waals surface area (Å²) >= 11 is 0. The largest absolute Gasteiger partial charge is 0.320 e. The third-order valence-corrected chi connectivity index (χ3v) is 4.96. The lowest BCUT2D eigenvalue weighted by Crippen LogP contribution is -2.49. The van der Waals surface area contributed by atoms with E-state index in [9.17, 15) is 8.42 Å². The maximum Gasteiger partial charge on any atom is 0.214 e. The van der Waals surface area contributed by atoms with Gasteiger partial charge < -0.3 is 10.2 Å². The van der Waals surface area contributed by atoms with E-state index in [-0.39, 0.29) is 5.75 Å². The first-order valence-corrected chi connectivity index (χ1v) is 7.56. The molecule has 0 aliphatic carbocycles. The maximum absolute atomic E-state index is 11.9. The van der Waals surface area contributed by atoms with Gasteiger partial charge in [-0.15, -0.1) is 0 Å². The lowest BCUT2D eigenvalue weighted by atomic mass is 10.4. The summed E-state index contributed by atoms with van der Waals surface area (Å²) < 4.78 is 25.5. The maximum atomic E-state index is 11.9. The second kappa shape index (κ2) is 6.54. The molecule has 0 aromatic heterocycles. The quantitative estimate of drug-likeness (QED) is 0.649. The van der Waals surface area contributed by atoms with Gasteiger partial charge in [0.2, 0.25) is 10.0 Å². The lowest BCUT2D eigenvalue weighted by molar-refractivity contribution is 0.196. The highest BCUT2D eigenvalue weighted by Gasteiger charge is 2.25. The summed E-state index contributed by atoms with van der Waals surface area (Å²) in [7, 11) is -1.18. The molecular formula is C10H23N3O2S. The molecule has 1 N–H and O–H groups in total. The van der Waals surface area contributed by atoms with Crippen molar-refractivity contribution in [2.75, 3.05) is 52.1 Å². The highest BCUT2D eigenvalue weighted by molar-refractivity contribution is 7.89. The Morgan fingerprint density at radius 3 is 2.31 bits per heavy atom. The first-order valence-electron chi connectivity index (χ1n) is 5.95. The van der Waals surface area contributed by atoms with E-state index < -0.39 is 10.0 Å². The monoisotopic (exact) mass is 249 g/mol. The van der Waals surface area contributed by atoms with E-state index in [0.717, 1.165) is 26.2 Å². The van der Waals surface area contributed by atoms with Gasteiger partial charge >= 0.3 is 0 Å². The number of sulfonamides is 1. The van der Waals surface area contributed by atoms with Crippen molar-refractivity contribution < 1.29 is 8.42 Å². The van der Waals surface area contributed by atoms with Crippen LogP contribution in [0.1, 0.15) is 13.3 Å². The van der Waals surface area contributed by atoms with Crippen LogP contribution >= 0.6 is 0 Å². The van der Waals surface area contributed by atoms with E-state index in [1.54, 1.807) is 4.31 Å². The van der Waals surface area contributed by atoms with Crippen molar-refractivity contribution in [2.24, 2.45) is 0 Å². The van der Waals surface area contributed by atoms with Gasteiger partial charge in [-0.25, -0.2) is 8.42 Å². The molecule has 1 fully saturated rings. The number of hydrogen-bond acceptors (Lipinski definition) is 4. The van der Waals surface area contributed by atoms with Crippen LogP contribution in [0.2, 0.25) is 0 Å². The number of hydrogen-bond donors (Lipinski definition) is 1. The van der Waals surface area contributed by atoms with E-state index in [1.807, 2.05) is 7.05 Å². The topological polar surface area (TPSA) is 52.7 Å². The Balaban J connectivity index is 2.39. The smallest absolute Gasteiger partial charge is 0.214 e. The van der Waals surface area contributed by atoms with Crippen LogP contribution < -0.4 is 5.32 Å². The summed E-state index contributed by atoms with van der Waals surface area (Å²) in [4.78, 5) is 2.28. The zero-order valence-corrected chi connectivity index (χ0v) is 11.1. The second-order valence-corrected chi connectivity index (χ2v) is 6.19. The van der Waals surface area contributed by atoms with Crippen molar-refractivity contribution >= 4 is 10.0 Å². The Morgan fingerprint density at radius 1 is 1.19 bits per heavy atom. The van der Waals surface area contributed by atoms with Crippen LogP contribution in [0.25, 0.3) is 0 Å². The third-order valence-electron chi connectivity index (χ3n) is 3.00. The molecule has 0 saturated carbocycles. The van der Waals surface area contributed by atoms with Crippen LogP contribution in [0, 0.1) is 0 Å². The van der Waals surface area contributed by atoms with E-state index in [2.05, 4.69) is 17.1 Å². The summed E-state index contributed by atoms with van der Waals surface area (Å²) in [6, 6.07) is 0. The van der Waals surface area contributed by atoms with E-state index >= 15 is 0 Å². The van der Waals surface area contributed by atoms with E-state index in [0.29, 0.717) is 19.5 Å². The Hall–Kier alpha value is -0.170. The zero-order chi connectivity index (χ0) is 12.0. The predicted octanol–water partition coefficient (Wildman–Crippen LogP) is -0.437. The standard InChI is InChI=1S/C10H23N3O2S/c1-3-12-6-8-13(9-7-12)16(14,15)10-4-5-11-2/h11H,3-10H2,1-2H3. The fourth-order valence-corrected chi connectivity index (χ4v) is 3.37. The summed E-state index contributed by atoms with van der Waals surface area (Å²) in [6.07, 6.45) is 0.687. The minimum atomic E-state index is -3.02. The molecule has 0 bridgehead atoms. The normalized spacial score (nSPS) is 20.1. The molecule has 1 rings (SSSR count). The molecule has 0 unspecified atom stereocenters. The molecule has 5 nitrogen and oxygen atoms in total. The van der Waals surface area contributed by atoms with Crippen molar-refractivity contribution in [2.45, 2.75) is 13.3 Å². The van der Waals surface area contributed by atoms with E-state index in [1.165, 1.54) is 0 Å². The molecular weight excluding hydrogens is 226 g/mol. The number of nitrogens with zero attached hydrogens (tertiary/aromatic N) is 2. The molecule has 0 spiro atoms. The SMILES string of the molecule is CCN1CCN(S(=O)(=O)CCCNC)CC1. The minimum Gasteiger partial charge on any atom is -0.320 e. The Bertz CT molecular complexity index is 284. The molecule has 0 aromatic carbocycles. The van der Waals surface area contributed by atoms with Crippen LogP contribution in [-0.4, -0.2) is 69.7 Å². The Labute approximate surface area is 98.8 Å². The molecule has 1 heterocycles. The molecule has 1 aliphatic rings. The average molecular weight is 249 g/mol. The van der Waals surface area contributed by atoms with Crippen molar-refractivity contribution in [1.82, 2.24) is 14.5 Å².